The van der Waals surface area contributed by atoms with Crippen LogP contribution in [0, 0.1) is 17.6 Å². The van der Waals surface area contributed by atoms with Crippen molar-refractivity contribution in [3.8, 4) is 0 Å². The molecule has 0 atom stereocenters. The van der Waals surface area contributed by atoms with Gasteiger partial charge in [0, 0.05) is 5.56 Å². The normalized spacial score (nSPS) is 10.1. The molecular formula is C7H4F3NO2. The maximum atomic E-state index is 12.7. The van der Waals surface area contributed by atoms with Crippen LogP contribution in [0.25, 0.3) is 0 Å². The third-order valence-electron chi connectivity index (χ3n) is 1.35. The molecule has 1 N–H and O–H groups in total. The van der Waals surface area contributed by atoms with Crippen LogP contribution in [0.4, 0.5) is 13.2 Å². The van der Waals surface area contributed by atoms with E-state index in [9.17, 15) is 18.0 Å². The number of halogens is 3. The second-order valence-electron chi connectivity index (χ2n) is 2.26. The van der Waals surface area contributed by atoms with Crippen molar-refractivity contribution in [2.24, 2.45) is 0 Å². The number of hydrogen-bond acceptors (Lipinski definition) is 2. The largest absolute Gasteiger partial charge is 0.481 e. The minimum atomic E-state index is -1.55. The van der Waals surface area contributed by atoms with Crippen molar-refractivity contribution >= 4 is 5.97 Å². The molecule has 1 aromatic rings. The molecule has 0 aliphatic rings. The van der Waals surface area contributed by atoms with Crippen molar-refractivity contribution < 1.29 is 23.1 Å². The number of hydrogen-bond donors (Lipinski definition) is 1. The number of rotatable bonds is 2. The fourth-order valence-electron chi connectivity index (χ4n) is 0.791. The highest BCUT2D eigenvalue weighted by atomic mass is 19.2. The van der Waals surface area contributed by atoms with Gasteiger partial charge in [0.2, 0.25) is 5.95 Å². The Labute approximate surface area is 70.8 Å². The topological polar surface area (TPSA) is 50.2 Å². The fourth-order valence-corrected chi connectivity index (χ4v) is 0.791. The summed E-state index contributed by atoms with van der Waals surface area (Å²) in [5, 5.41) is 8.23. The number of nitrogens with zero attached hydrogens (tertiary/aromatic N) is 1. The van der Waals surface area contributed by atoms with E-state index >= 15 is 0 Å². The molecule has 0 amide bonds. The van der Waals surface area contributed by atoms with Gasteiger partial charge in [-0.15, -0.1) is 0 Å². The first-order chi connectivity index (χ1) is 6.02. The summed E-state index contributed by atoms with van der Waals surface area (Å²) in [4.78, 5) is 12.8. The Morgan fingerprint density at radius 3 is 2.62 bits per heavy atom. The zero-order valence-corrected chi connectivity index (χ0v) is 6.22. The summed E-state index contributed by atoms with van der Waals surface area (Å²) in [7, 11) is 0. The fraction of sp³-hybridized carbons (Fsp3) is 0.143. The highest BCUT2D eigenvalue weighted by Gasteiger charge is 2.17. The van der Waals surface area contributed by atoms with Gasteiger partial charge in [0.1, 0.15) is 5.82 Å². The first-order valence-electron chi connectivity index (χ1n) is 3.22. The molecule has 6 heteroatoms. The van der Waals surface area contributed by atoms with E-state index in [0.717, 1.165) is 0 Å². The molecule has 1 heterocycles. The van der Waals surface area contributed by atoms with E-state index in [0.29, 0.717) is 6.20 Å². The van der Waals surface area contributed by atoms with Crippen LogP contribution in [-0.2, 0) is 11.2 Å². The van der Waals surface area contributed by atoms with Gasteiger partial charge < -0.3 is 5.11 Å². The van der Waals surface area contributed by atoms with E-state index in [1.54, 1.807) is 0 Å². The van der Waals surface area contributed by atoms with E-state index in [2.05, 4.69) is 4.98 Å². The van der Waals surface area contributed by atoms with Gasteiger partial charge >= 0.3 is 5.97 Å². The van der Waals surface area contributed by atoms with Gasteiger partial charge in [0.25, 0.3) is 0 Å². The van der Waals surface area contributed by atoms with Crippen LogP contribution in [-0.4, -0.2) is 16.1 Å². The average molecular weight is 191 g/mol. The van der Waals surface area contributed by atoms with E-state index in [1.165, 1.54) is 0 Å². The van der Waals surface area contributed by atoms with Gasteiger partial charge in [-0.2, -0.15) is 4.39 Å². The van der Waals surface area contributed by atoms with Crippen molar-refractivity contribution in [3.05, 3.63) is 29.3 Å². The Balaban J connectivity index is 3.17. The van der Waals surface area contributed by atoms with Crippen LogP contribution < -0.4 is 0 Å². The molecule has 3 nitrogen and oxygen atoms in total. The number of aromatic nitrogens is 1. The first kappa shape index (κ1) is 9.50. The van der Waals surface area contributed by atoms with Gasteiger partial charge in [0.15, 0.2) is 5.82 Å². The predicted molar refractivity (Wildman–Crippen MR) is 35.5 cm³/mol. The van der Waals surface area contributed by atoms with Gasteiger partial charge in [-0.3, -0.25) is 4.79 Å². The molecule has 0 saturated carbocycles. The van der Waals surface area contributed by atoms with Gasteiger partial charge in [-0.25, -0.2) is 13.8 Å². The van der Waals surface area contributed by atoms with Crippen molar-refractivity contribution in [3.63, 3.8) is 0 Å². The molecule has 1 aromatic heterocycles. The Hall–Kier alpha value is -1.59. The summed E-state index contributed by atoms with van der Waals surface area (Å²) in [5.41, 5.74) is -0.819. The molecule has 0 fully saturated rings. The van der Waals surface area contributed by atoms with E-state index in [4.69, 9.17) is 5.11 Å². The Bertz CT molecular complexity index is 354. The van der Waals surface area contributed by atoms with E-state index in [-0.39, 0.29) is 0 Å². The zero-order valence-electron chi connectivity index (χ0n) is 6.22. The number of carbonyl (C=O) groups is 1. The summed E-state index contributed by atoms with van der Waals surface area (Å²) in [6, 6.07) is 0. The molecule has 0 radical (unpaired) electrons. The van der Waals surface area contributed by atoms with Crippen LogP contribution in [0.3, 0.4) is 0 Å². The van der Waals surface area contributed by atoms with Crippen LogP contribution in [0.2, 0.25) is 0 Å². The van der Waals surface area contributed by atoms with Gasteiger partial charge in [-0.05, 0) is 0 Å². The average Bonchev–Trinajstić information content (AvgIpc) is 2.05. The molecule has 0 unspecified atom stereocenters. The minimum absolute atomic E-state index is 0.441. The first-order valence-corrected chi connectivity index (χ1v) is 3.22. The summed E-state index contributed by atoms with van der Waals surface area (Å²) in [6.45, 7) is 0. The van der Waals surface area contributed by atoms with Crippen molar-refractivity contribution in [1.82, 2.24) is 4.98 Å². The molecule has 70 valence electrons. The molecular weight excluding hydrogens is 187 g/mol. The van der Waals surface area contributed by atoms with E-state index in [1.807, 2.05) is 0 Å². The second kappa shape index (κ2) is 3.42. The zero-order chi connectivity index (χ0) is 10.0. The predicted octanol–water partition coefficient (Wildman–Crippen LogP) is 1.13. The SMILES string of the molecule is O=C(O)Cc1c(F)cnc(F)c1F. The highest BCUT2D eigenvalue weighted by Crippen LogP contribution is 2.13. The Kier molecular flexibility index (Phi) is 2.50. The van der Waals surface area contributed by atoms with Crippen LogP contribution in [0.5, 0.6) is 0 Å². The monoisotopic (exact) mass is 191 g/mol. The minimum Gasteiger partial charge on any atom is -0.481 e. The quantitative estimate of drug-likeness (QED) is 0.712. The second-order valence-corrected chi connectivity index (χ2v) is 2.26. The van der Waals surface area contributed by atoms with Crippen molar-refractivity contribution in [1.29, 1.82) is 0 Å². The number of carboxylic acid groups (broad SMARTS) is 1. The lowest BCUT2D eigenvalue weighted by atomic mass is 10.2. The summed E-state index contributed by atoms with van der Waals surface area (Å²) < 4.78 is 37.7. The maximum absolute atomic E-state index is 12.7. The molecule has 0 bridgehead atoms. The third kappa shape index (κ3) is 1.95. The van der Waals surface area contributed by atoms with Crippen LogP contribution in [0.1, 0.15) is 5.56 Å². The standard InChI is InChI=1S/C7H4F3NO2/c8-4-2-11-7(10)6(9)3(4)1-5(12)13/h2H,1H2,(H,12,13). The Morgan fingerprint density at radius 1 is 1.46 bits per heavy atom. The third-order valence-corrected chi connectivity index (χ3v) is 1.35. The highest BCUT2D eigenvalue weighted by molar-refractivity contribution is 5.70. The number of carboxylic acids is 1. The molecule has 0 aliphatic heterocycles. The van der Waals surface area contributed by atoms with Gasteiger partial charge in [0.05, 0.1) is 12.6 Å². The number of aliphatic carboxylic acids is 1. The molecule has 0 aromatic carbocycles. The summed E-state index contributed by atoms with van der Waals surface area (Å²) >= 11 is 0. The molecule has 13 heavy (non-hydrogen) atoms. The summed E-state index contributed by atoms with van der Waals surface area (Å²) in [5.74, 6) is -5.66. The molecule has 1 rings (SSSR count). The lowest BCUT2D eigenvalue weighted by Crippen LogP contribution is -2.08. The smallest absolute Gasteiger partial charge is 0.308 e. The van der Waals surface area contributed by atoms with Crippen molar-refractivity contribution in [2.45, 2.75) is 6.42 Å². The van der Waals surface area contributed by atoms with Crippen LogP contribution >= 0.6 is 0 Å². The van der Waals surface area contributed by atoms with Gasteiger partial charge in [-0.1, -0.05) is 0 Å². The molecule has 0 spiro atoms. The lowest BCUT2D eigenvalue weighted by Gasteiger charge is -2.00. The van der Waals surface area contributed by atoms with Crippen LogP contribution in [0.15, 0.2) is 6.20 Å². The molecule has 0 saturated heterocycles. The number of pyridine rings is 1. The van der Waals surface area contributed by atoms with E-state index < -0.39 is 35.5 Å². The lowest BCUT2D eigenvalue weighted by molar-refractivity contribution is -0.136. The Morgan fingerprint density at radius 2 is 2.08 bits per heavy atom. The molecule has 0 aliphatic carbocycles. The summed E-state index contributed by atoms with van der Waals surface area (Å²) in [6.07, 6.45) is -0.464. The maximum Gasteiger partial charge on any atom is 0.308 e. The van der Waals surface area contributed by atoms with Crippen molar-refractivity contribution in [2.75, 3.05) is 0 Å².